The van der Waals surface area contributed by atoms with Crippen LogP contribution in [0.5, 0.6) is 0 Å². The molecule has 0 rings (SSSR count). The maximum atomic E-state index is 6.32. The van der Waals surface area contributed by atoms with Crippen LogP contribution in [0.25, 0.3) is 0 Å². The van der Waals surface area contributed by atoms with Gasteiger partial charge in [-0.3, -0.25) is 0 Å². The van der Waals surface area contributed by atoms with Gasteiger partial charge in [0.1, 0.15) is 0 Å². The highest BCUT2D eigenvalue weighted by atomic mass is 14.6. The summed E-state index contributed by atoms with van der Waals surface area (Å²) < 4.78 is 0. The third-order valence-corrected chi connectivity index (χ3v) is 3.86. The Balaban J connectivity index is 3.87. The minimum Gasteiger partial charge on any atom is -0.327 e. The minimum absolute atomic E-state index is 0.423. The van der Waals surface area contributed by atoms with Crippen LogP contribution in [0.4, 0.5) is 0 Å². The van der Waals surface area contributed by atoms with E-state index < -0.39 is 0 Å². The predicted molar refractivity (Wildman–Crippen MR) is 74.5 cm³/mol. The molecule has 98 valence electrons. The molecule has 0 fully saturated rings. The van der Waals surface area contributed by atoms with Gasteiger partial charge in [-0.1, -0.05) is 60.3 Å². The first-order valence-corrected chi connectivity index (χ1v) is 7.26. The van der Waals surface area contributed by atoms with Crippen LogP contribution in [0, 0.1) is 17.8 Å². The van der Waals surface area contributed by atoms with E-state index >= 15 is 0 Å². The molecule has 0 aromatic heterocycles. The molecule has 0 saturated carbocycles. The lowest BCUT2D eigenvalue weighted by Gasteiger charge is -2.25. The van der Waals surface area contributed by atoms with E-state index in [4.69, 9.17) is 5.73 Å². The first-order valence-electron chi connectivity index (χ1n) is 7.26. The Bertz CT molecular complexity index is 154. The molecule has 0 heterocycles. The molecule has 1 nitrogen and oxygen atoms in total. The van der Waals surface area contributed by atoms with Crippen molar-refractivity contribution in [3.8, 4) is 0 Å². The van der Waals surface area contributed by atoms with Gasteiger partial charge in [0, 0.05) is 6.04 Å². The molecule has 0 saturated heterocycles. The Labute approximate surface area is 103 Å². The molecule has 0 radical (unpaired) electrons. The van der Waals surface area contributed by atoms with Crippen LogP contribution < -0.4 is 5.73 Å². The van der Waals surface area contributed by atoms with E-state index in [1.807, 2.05) is 0 Å². The van der Waals surface area contributed by atoms with Gasteiger partial charge >= 0.3 is 0 Å². The molecule has 0 aromatic rings. The summed E-state index contributed by atoms with van der Waals surface area (Å²) in [4.78, 5) is 0. The highest BCUT2D eigenvalue weighted by Crippen LogP contribution is 2.22. The average Bonchev–Trinajstić information content (AvgIpc) is 2.23. The molecule has 0 aliphatic rings. The highest BCUT2D eigenvalue weighted by Gasteiger charge is 2.17. The molecule has 0 spiro atoms. The second-order valence-electron chi connectivity index (χ2n) is 5.91. The maximum absolute atomic E-state index is 6.32. The molecule has 2 N–H and O–H groups in total. The fraction of sp³-hybridized carbons (Fsp3) is 1.00. The Morgan fingerprint density at radius 3 is 2.00 bits per heavy atom. The molecule has 0 aromatic carbocycles. The topological polar surface area (TPSA) is 26.0 Å². The zero-order chi connectivity index (χ0) is 12.6. The van der Waals surface area contributed by atoms with Crippen molar-refractivity contribution in [2.45, 2.75) is 79.2 Å². The Hall–Kier alpha value is -0.0400. The summed E-state index contributed by atoms with van der Waals surface area (Å²) in [5, 5.41) is 0. The molecule has 16 heavy (non-hydrogen) atoms. The SMILES string of the molecule is CCC(C)CC(N)[C@@H](CC)CCCC(C)C. The van der Waals surface area contributed by atoms with Crippen LogP contribution in [0.3, 0.4) is 0 Å². The van der Waals surface area contributed by atoms with Crippen molar-refractivity contribution in [3.63, 3.8) is 0 Å². The van der Waals surface area contributed by atoms with E-state index in [1.54, 1.807) is 0 Å². The summed E-state index contributed by atoms with van der Waals surface area (Å²) in [5.41, 5.74) is 6.32. The van der Waals surface area contributed by atoms with E-state index in [0.29, 0.717) is 6.04 Å². The first kappa shape index (κ1) is 16.0. The number of hydrogen-bond donors (Lipinski definition) is 1. The summed E-state index contributed by atoms with van der Waals surface area (Å²) in [5.74, 6) is 2.37. The molecular formula is C15H33N. The molecular weight excluding hydrogens is 194 g/mol. The van der Waals surface area contributed by atoms with E-state index in [-0.39, 0.29) is 0 Å². The van der Waals surface area contributed by atoms with Gasteiger partial charge in [-0.2, -0.15) is 0 Å². The van der Waals surface area contributed by atoms with Crippen molar-refractivity contribution in [2.24, 2.45) is 23.5 Å². The fourth-order valence-corrected chi connectivity index (χ4v) is 2.33. The zero-order valence-corrected chi connectivity index (χ0v) is 12.1. The third kappa shape index (κ3) is 7.27. The van der Waals surface area contributed by atoms with E-state index in [1.165, 1.54) is 38.5 Å². The van der Waals surface area contributed by atoms with Crippen LogP contribution in [-0.2, 0) is 0 Å². The van der Waals surface area contributed by atoms with E-state index in [0.717, 1.165) is 17.8 Å². The molecule has 0 bridgehead atoms. The fourth-order valence-electron chi connectivity index (χ4n) is 2.33. The van der Waals surface area contributed by atoms with Crippen LogP contribution in [0.1, 0.15) is 73.1 Å². The maximum Gasteiger partial charge on any atom is 0.00695 e. The van der Waals surface area contributed by atoms with Gasteiger partial charge in [-0.25, -0.2) is 0 Å². The van der Waals surface area contributed by atoms with Crippen molar-refractivity contribution in [3.05, 3.63) is 0 Å². The van der Waals surface area contributed by atoms with Gasteiger partial charge in [0.25, 0.3) is 0 Å². The quantitative estimate of drug-likeness (QED) is 0.612. The second-order valence-corrected chi connectivity index (χ2v) is 5.91. The van der Waals surface area contributed by atoms with Crippen molar-refractivity contribution >= 4 is 0 Å². The summed E-state index contributed by atoms with van der Waals surface area (Å²) in [6, 6.07) is 0.423. The zero-order valence-electron chi connectivity index (χ0n) is 12.1. The molecule has 3 atom stereocenters. The number of hydrogen-bond acceptors (Lipinski definition) is 1. The summed E-state index contributed by atoms with van der Waals surface area (Å²) >= 11 is 0. The van der Waals surface area contributed by atoms with E-state index in [2.05, 4.69) is 34.6 Å². The lowest BCUT2D eigenvalue weighted by Crippen LogP contribution is -2.31. The highest BCUT2D eigenvalue weighted by molar-refractivity contribution is 4.74. The smallest absolute Gasteiger partial charge is 0.00695 e. The van der Waals surface area contributed by atoms with Crippen molar-refractivity contribution in [1.29, 1.82) is 0 Å². The van der Waals surface area contributed by atoms with Crippen LogP contribution in [0.2, 0.25) is 0 Å². The van der Waals surface area contributed by atoms with Gasteiger partial charge in [0.2, 0.25) is 0 Å². The summed E-state index contributed by atoms with van der Waals surface area (Å²) in [7, 11) is 0. The van der Waals surface area contributed by atoms with Gasteiger partial charge in [0.15, 0.2) is 0 Å². The van der Waals surface area contributed by atoms with Gasteiger partial charge < -0.3 is 5.73 Å². The number of rotatable bonds is 9. The molecule has 2 unspecified atom stereocenters. The van der Waals surface area contributed by atoms with Crippen molar-refractivity contribution in [1.82, 2.24) is 0 Å². The summed E-state index contributed by atoms with van der Waals surface area (Å²) in [6.45, 7) is 11.5. The average molecular weight is 227 g/mol. The van der Waals surface area contributed by atoms with E-state index in [9.17, 15) is 0 Å². The summed E-state index contributed by atoms with van der Waals surface area (Å²) in [6.07, 6.45) is 7.74. The standard InChI is InChI=1S/C15H33N/c1-6-13(5)11-15(16)14(7-2)10-8-9-12(3)4/h12-15H,6-11,16H2,1-5H3/t13?,14-,15?/m0/s1. The lowest BCUT2D eigenvalue weighted by molar-refractivity contribution is 0.310. The Morgan fingerprint density at radius 2 is 1.56 bits per heavy atom. The van der Waals surface area contributed by atoms with Gasteiger partial charge in [-0.15, -0.1) is 0 Å². The molecule has 0 amide bonds. The normalized spacial score (nSPS) is 17.4. The largest absolute Gasteiger partial charge is 0.327 e. The number of nitrogens with two attached hydrogens (primary N) is 1. The second kappa shape index (κ2) is 9.04. The van der Waals surface area contributed by atoms with Gasteiger partial charge in [-0.05, 0) is 30.6 Å². The van der Waals surface area contributed by atoms with Crippen molar-refractivity contribution in [2.75, 3.05) is 0 Å². The first-order chi connectivity index (χ1) is 7.51. The van der Waals surface area contributed by atoms with Crippen LogP contribution >= 0.6 is 0 Å². The predicted octanol–water partition coefficient (Wildman–Crippen LogP) is 4.60. The Kier molecular flexibility index (Phi) is 9.02. The van der Waals surface area contributed by atoms with Gasteiger partial charge in [0.05, 0.1) is 0 Å². The minimum atomic E-state index is 0.423. The molecule has 0 aliphatic carbocycles. The van der Waals surface area contributed by atoms with Crippen LogP contribution in [0.15, 0.2) is 0 Å². The molecule has 1 heteroatoms. The molecule has 0 aliphatic heterocycles. The van der Waals surface area contributed by atoms with Crippen LogP contribution in [-0.4, -0.2) is 6.04 Å². The Morgan fingerprint density at radius 1 is 0.938 bits per heavy atom. The third-order valence-electron chi connectivity index (χ3n) is 3.86. The van der Waals surface area contributed by atoms with Crippen molar-refractivity contribution < 1.29 is 0 Å². The monoisotopic (exact) mass is 227 g/mol. The lowest BCUT2D eigenvalue weighted by atomic mass is 9.85.